The van der Waals surface area contributed by atoms with Crippen LogP contribution in [0, 0.1) is 0 Å². The van der Waals surface area contributed by atoms with Gasteiger partial charge in [0.25, 0.3) is 0 Å². The second-order valence-corrected chi connectivity index (χ2v) is 4.05. The number of aryl methyl sites for hydroxylation is 1. The molecule has 9 heteroatoms. The van der Waals surface area contributed by atoms with Gasteiger partial charge in [-0.1, -0.05) is 0 Å². The summed E-state index contributed by atoms with van der Waals surface area (Å²) in [7, 11) is 1.76. The predicted octanol–water partition coefficient (Wildman–Crippen LogP) is 1.90. The first-order valence-electron chi connectivity index (χ1n) is 4.57. The Balaban J connectivity index is 1.98. The molecule has 0 bridgehead atoms. The number of nitrogens with one attached hydrogen (secondary N) is 1. The Hall–Kier alpha value is -1.64. The molecule has 1 N–H and O–H groups in total. The minimum atomic E-state index is -4.50. The van der Waals surface area contributed by atoms with E-state index in [-0.39, 0.29) is 5.13 Å². The Labute approximate surface area is 98.5 Å². The first-order chi connectivity index (χ1) is 7.95. The van der Waals surface area contributed by atoms with E-state index in [1.165, 1.54) is 0 Å². The van der Waals surface area contributed by atoms with E-state index in [1.54, 1.807) is 24.1 Å². The second kappa shape index (κ2) is 4.32. The molecular formula is C8H8F3N5S. The molecule has 0 spiro atoms. The van der Waals surface area contributed by atoms with Crippen LogP contribution in [0.15, 0.2) is 12.4 Å². The van der Waals surface area contributed by atoms with Gasteiger partial charge in [0.05, 0.1) is 6.20 Å². The van der Waals surface area contributed by atoms with Gasteiger partial charge in [0.1, 0.15) is 0 Å². The number of alkyl halides is 3. The topological polar surface area (TPSA) is 55.6 Å². The highest BCUT2D eigenvalue weighted by Crippen LogP contribution is 2.28. The number of rotatable bonds is 3. The van der Waals surface area contributed by atoms with Gasteiger partial charge in [-0.2, -0.15) is 27.6 Å². The summed E-state index contributed by atoms with van der Waals surface area (Å²) in [5, 5.41) is 6.84. The van der Waals surface area contributed by atoms with Crippen molar-refractivity contribution in [2.75, 3.05) is 5.32 Å². The van der Waals surface area contributed by atoms with Crippen LogP contribution in [0.5, 0.6) is 0 Å². The van der Waals surface area contributed by atoms with Gasteiger partial charge in [-0.25, -0.2) is 0 Å². The smallest absolute Gasteiger partial charge is 0.356 e. The Bertz CT molecular complexity index is 503. The van der Waals surface area contributed by atoms with Crippen LogP contribution in [0.2, 0.25) is 0 Å². The van der Waals surface area contributed by atoms with Crippen LogP contribution in [0.3, 0.4) is 0 Å². The predicted molar refractivity (Wildman–Crippen MR) is 55.4 cm³/mol. The van der Waals surface area contributed by atoms with Crippen LogP contribution in [0.4, 0.5) is 18.3 Å². The number of nitrogens with zero attached hydrogens (tertiary/aromatic N) is 4. The van der Waals surface area contributed by atoms with Crippen molar-refractivity contribution < 1.29 is 13.2 Å². The molecule has 0 aromatic carbocycles. The van der Waals surface area contributed by atoms with Crippen molar-refractivity contribution in [3.8, 4) is 0 Å². The third-order valence-electron chi connectivity index (χ3n) is 1.88. The van der Waals surface area contributed by atoms with E-state index >= 15 is 0 Å². The molecule has 0 radical (unpaired) electrons. The van der Waals surface area contributed by atoms with Crippen molar-refractivity contribution in [3.05, 3.63) is 23.8 Å². The van der Waals surface area contributed by atoms with E-state index in [0.717, 1.165) is 5.56 Å². The van der Waals surface area contributed by atoms with Gasteiger partial charge in [0.2, 0.25) is 11.0 Å². The fourth-order valence-electron chi connectivity index (χ4n) is 1.15. The first-order valence-corrected chi connectivity index (χ1v) is 5.35. The third kappa shape index (κ3) is 2.93. The SMILES string of the molecule is Cn1cc(CNc2nc(C(F)(F)F)ns2)cn1. The summed E-state index contributed by atoms with van der Waals surface area (Å²) in [6, 6.07) is 0. The lowest BCUT2D eigenvalue weighted by atomic mass is 10.4. The average Bonchev–Trinajstić information content (AvgIpc) is 2.82. The third-order valence-corrected chi connectivity index (χ3v) is 2.55. The lowest BCUT2D eigenvalue weighted by molar-refractivity contribution is -0.144. The molecule has 2 rings (SSSR count). The molecule has 5 nitrogen and oxygen atoms in total. The normalized spacial score (nSPS) is 11.8. The summed E-state index contributed by atoms with van der Waals surface area (Å²) in [6.07, 6.45) is -1.11. The second-order valence-electron chi connectivity index (χ2n) is 3.30. The molecule has 0 aliphatic rings. The number of halogens is 3. The molecule has 0 fully saturated rings. The molecule has 0 aliphatic carbocycles. The molecule has 0 amide bonds. The minimum absolute atomic E-state index is 0.140. The molecule has 2 aromatic rings. The van der Waals surface area contributed by atoms with Crippen LogP contribution in [0.25, 0.3) is 0 Å². The van der Waals surface area contributed by atoms with Crippen molar-refractivity contribution in [1.29, 1.82) is 0 Å². The van der Waals surface area contributed by atoms with Gasteiger partial charge in [-0.3, -0.25) is 4.68 Å². The van der Waals surface area contributed by atoms with E-state index in [0.29, 0.717) is 18.1 Å². The molecule has 0 saturated carbocycles. The van der Waals surface area contributed by atoms with Crippen molar-refractivity contribution in [2.45, 2.75) is 12.7 Å². The number of hydrogen-bond donors (Lipinski definition) is 1. The first kappa shape index (κ1) is 11.8. The molecule has 2 heterocycles. The molecule has 0 unspecified atom stereocenters. The summed E-state index contributed by atoms with van der Waals surface area (Å²) in [5.74, 6) is -1.11. The van der Waals surface area contributed by atoms with Crippen molar-refractivity contribution in [3.63, 3.8) is 0 Å². The summed E-state index contributed by atoms with van der Waals surface area (Å²) in [5.41, 5.74) is 0.858. The largest absolute Gasteiger partial charge is 0.452 e. The lowest BCUT2D eigenvalue weighted by Gasteiger charge is -1.99. The highest BCUT2D eigenvalue weighted by Gasteiger charge is 2.36. The monoisotopic (exact) mass is 263 g/mol. The summed E-state index contributed by atoms with van der Waals surface area (Å²) >= 11 is 0.683. The Morgan fingerprint density at radius 3 is 2.76 bits per heavy atom. The van der Waals surface area contributed by atoms with Crippen LogP contribution < -0.4 is 5.32 Å². The van der Waals surface area contributed by atoms with E-state index in [4.69, 9.17) is 0 Å². The molecule has 92 valence electrons. The fourth-order valence-corrected chi connectivity index (χ4v) is 1.73. The lowest BCUT2D eigenvalue weighted by Crippen LogP contribution is -2.07. The summed E-state index contributed by atoms with van der Waals surface area (Å²) in [4.78, 5) is 3.35. The minimum Gasteiger partial charge on any atom is -0.356 e. The summed E-state index contributed by atoms with van der Waals surface area (Å²) in [6.45, 7) is 0.361. The van der Waals surface area contributed by atoms with E-state index in [9.17, 15) is 13.2 Å². The zero-order valence-electron chi connectivity index (χ0n) is 8.69. The van der Waals surface area contributed by atoms with Gasteiger partial charge < -0.3 is 5.32 Å². The molecule has 2 aromatic heterocycles. The van der Waals surface area contributed by atoms with Gasteiger partial charge in [0.15, 0.2) is 0 Å². The maximum absolute atomic E-state index is 12.2. The highest BCUT2D eigenvalue weighted by atomic mass is 32.1. The molecular weight excluding hydrogens is 255 g/mol. The quantitative estimate of drug-likeness (QED) is 0.919. The Kier molecular flexibility index (Phi) is 3.01. The Morgan fingerprint density at radius 1 is 1.47 bits per heavy atom. The van der Waals surface area contributed by atoms with Gasteiger partial charge in [-0.05, 0) is 0 Å². The van der Waals surface area contributed by atoms with E-state index < -0.39 is 12.0 Å². The van der Waals surface area contributed by atoms with Crippen LogP contribution >= 0.6 is 11.5 Å². The zero-order chi connectivity index (χ0) is 12.5. The fraction of sp³-hybridized carbons (Fsp3) is 0.375. The van der Waals surface area contributed by atoms with Gasteiger partial charge in [0, 0.05) is 36.9 Å². The zero-order valence-corrected chi connectivity index (χ0v) is 9.51. The number of anilines is 1. The van der Waals surface area contributed by atoms with Gasteiger partial charge in [-0.15, -0.1) is 0 Å². The molecule has 17 heavy (non-hydrogen) atoms. The molecule has 0 aliphatic heterocycles. The maximum atomic E-state index is 12.2. The Morgan fingerprint density at radius 2 is 2.24 bits per heavy atom. The number of hydrogen-bond acceptors (Lipinski definition) is 5. The highest BCUT2D eigenvalue weighted by molar-refractivity contribution is 7.09. The van der Waals surface area contributed by atoms with Crippen LogP contribution in [-0.2, 0) is 19.8 Å². The molecule has 0 saturated heterocycles. The van der Waals surface area contributed by atoms with Gasteiger partial charge >= 0.3 is 6.18 Å². The maximum Gasteiger partial charge on any atom is 0.452 e. The standard InChI is InChI=1S/C8H8F3N5S/c1-16-4-5(3-13-16)2-12-7-14-6(15-17-7)8(9,10)11/h3-4H,2H2,1H3,(H,12,14,15). The molecule has 0 atom stereocenters. The van der Waals surface area contributed by atoms with E-state index in [2.05, 4.69) is 19.8 Å². The van der Waals surface area contributed by atoms with Crippen molar-refractivity contribution in [1.82, 2.24) is 19.1 Å². The van der Waals surface area contributed by atoms with Crippen LogP contribution in [0.1, 0.15) is 11.4 Å². The average molecular weight is 263 g/mol. The number of aromatic nitrogens is 4. The van der Waals surface area contributed by atoms with E-state index in [1.807, 2.05) is 0 Å². The van der Waals surface area contributed by atoms with Crippen molar-refractivity contribution >= 4 is 16.7 Å². The van der Waals surface area contributed by atoms with Crippen LogP contribution in [-0.4, -0.2) is 19.1 Å². The van der Waals surface area contributed by atoms with Crippen molar-refractivity contribution in [2.24, 2.45) is 7.05 Å². The summed E-state index contributed by atoms with van der Waals surface area (Å²) < 4.78 is 41.5.